The van der Waals surface area contributed by atoms with Gasteiger partial charge in [-0.05, 0) is 151 Å². The van der Waals surface area contributed by atoms with E-state index in [1.54, 1.807) is 48.5 Å². The third kappa shape index (κ3) is 19.7. The molecular weight excluding hydrogens is 1210 g/mol. The Hall–Kier alpha value is -4.35. The van der Waals surface area contributed by atoms with Crippen LogP contribution in [0.2, 0.25) is 0 Å². The summed E-state index contributed by atoms with van der Waals surface area (Å²) >= 11 is 0. The fourth-order valence-electron chi connectivity index (χ4n) is 7.20. The van der Waals surface area contributed by atoms with Gasteiger partial charge in [0.1, 0.15) is 0 Å². The average Bonchev–Trinajstić information content (AvgIpc) is 3.33. The van der Waals surface area contributed by atoms with E-state index in [9.17, 15) is 54.1 Å². The molecule has 4 N–H and O–H groups in total. The molecule has 0 fully saturated rings. The first kappa shape index (κ1) is 63.9. The van der Waals surface area contributed by atoms with Gasteiger partial charge in [-0.2, -0.15) is 0 Å². The Labute approximate surface area is 460 Å². The van der Waals surface area contributed by atoms with E-state index in [2.05, 4.69) is 38.9 Å². The topological polar surface area (TPSA) is 326 Å². The molecule has 4 atom stereocenters. The standard InChI is InChI=1S/4C12H16N2O3S.2Rh/c4*1-9-4-6-10(7-5-9)18(16,17)14-11-3-2-8-13-12(11)15;;/h4*4-7,11,14H,2-3,8H2,1H3,(H,13,15);;/q;;;;2*+2/p-4/t4*11-;;/m0000../s1. The molecule has 2 radical (unpaired) electrons. The molecule has 4 aliphatic rings. The van der Waals surface area contributed by atoms with Crippen molar-refractivity contribution in [3.8, 4) is 0 Å². The van der Waals surface area contributed by atoms with Crippen molar-refractivity contribution in [1.29, 1.82) is 0 Å². The second-order valence-corrected chi connectivity index (χ2v) is 24.3. The summed E-state index contributed by atoms with van der Waals surface area (Å²) in [6, 6.07) is 23.2. The maximum Gasteiger partial charge on any atom is 2.00 e. The number of aliphatic imine (C=N–C) groups is 4. The Kier molecular flexibility index (Phi) is 25.3. The minimum absolute atomic E-state index is 0. The van der Waals surface area contributed by atoms with Crippen molar-refractivity contribution < 1.29 is 93.1 Å². The van der Waals surface area contributed by atoms with Crippen LogP contribution in [-0.4, -0.2) is 108 Å². The van der Waals surface area contributed by atoms with E-state index in [0.717, 1.165) is 47.9 Å². The van der Waals surface area contributed by atoms with Crippen molar-refractivity contribution in [1.82, 2.24) is 18.9 Å². The molecule has 0 spiro atoms. The Morgan fingerprint density at radius 1 is 0.338 bits per heavy atom. The predicted molar refractivity (Wildman–Crippen MR) is 267 cm³/mol. The summed E-state index contributed by atoms with van der Waals surface area (Å²) in [6.45, 7) is 9.48. The molecule has 74 heavy (non-hydrogen) atoms. The summed E-state index contributed by atoms with van der Waals surface area (Å²) in [4.78, 5) is 15.6. The zero-order valence-electron chi connectivity index (χ0n) is 41.0. The van der Waals surface area contributed by atoms with Gasteiger partial charge in [-0.1, -0.05) is 70.8 Å². The average molecular weight is 1280 g/mol. The van der Waals surface area contributed by atoms with E-state index >= 15 is 0 Å². The first-order chi connectivity index (χ1) is 34.0. The first-order valence-electron chi connectivity index (χ1n) is 23.2. The number of nitrogens with zero attached hydrogens (tertiary/aromatic N) is 4. The molecule has 26 heteroatoms. The number of aryl methyl sites for hydroxylation is 4. The molecule has 20 nitrogen and oxygen atoms in total. The van der Waals surface area contributed by atoms with Gasteiger partial charge in [-0.15, -0.1) is 0 Å². The third-order valence-electron chi connectivity index (χ3n) is 11.4. The number of hydrogen-bond donors (Lipinski definition) is 4. The Bertz CT molecular complexity index is 2620. The summed E-state index contributed by atoms with van der Waals surface area (Å²) in [6.07, 6.45) is 4.95. The van der Waals surface area contributed by atoms with Crippen molar-refractivity contribution in [3.63, 3.8) is 0 Å². The number of rotatable bonds is 12. The molecule has 0 aromatic heterocycles. The zero-order chi connectivity index (χ0) is 52.7. The van der Waals surface area contributed by atoms with Gasteiger partial charge in [0.25, 0.3) is 0 Å². The summed E-state index contributed by atoms with van der Waals surface area (Å²) in [7, 11) is -14.6. The fourth-order valence-corrected chi connectivity index (χ4v) is 12.1. The van der Waals surface area contributed by atoms with Gasteiger partial charge in [0.2, 0.25) is 40.1 Å². The van der Waals surface area contributed by atoms with Gasteiger partial charge in [-0.3, -0.25) is 0 Å². The molecule has 0 amide bonds. The molecule has 0 saturated carbocycles. The molecule has 8 rings (SSSR count). The third-order valence-corrected chi connectivity index (χ3v) is 17.3. The molecular formula is C48H60N8O12Rh2S4. The monoisotopic (exact) mass is 1270 g/mol. The van der Waals surface area contributed by atoms with Crippen LogP contribution in [0.4, 0.5) is 0 Å². The minimum Gasteiger partial charge on any atom is -0.861 e. The minimum atomic E-state index is -3.64. The predicted octanol–water partition coefficient (Wildman–Crippen LogP) is 0.773. The van der Waals surface area contributed by atoms with E-state index < -0.39 is 64.3 Å². The molecule has 406 valence electrons. The van der Waals surface area contributed by atoms with Crippen LogP contribution in [0.1, 0.15) is 73.6 Å². The summed E-state index contributed by atoms with van der Waals surface area (Å²) in [5.74, 6) is -1.51. The Morgan fingerprint density at radius 2 is 0.500 bits per heavy atom. The smallest absolute Gasteiger partial charge is 0.861 e. The van der Waals surface area contributed by atoms with Crippen LogP contribution in [0, 0.1) is 27.7 Å². The largest absolute Gasteiger partial charge is 2.00 e. The quantitative estimate of drug-likeness (QED) is 0.143. The molecule has 0 bridgehead atoms. The van der Waals surface area contributed by atoms with Crippen molar-refractivity contribution in [2.24, 2.45) is 20.0 Å². The van der Waals surface area contributed by atoms with E-state index in [1.807, 2.05) is 27.7 Å². The molecule has 4 heterocycles. The van der Waals surface area contributed by atoms with Crippen LogP contribution < -0.4 is 39.3 Å². The Balaban J connectivity index is 0.000000258. The van der Waals surface area contributed by atoms with Crippen molar-refractivity contribution in [2.45, 2.75) is 123 Å². The van der Waals surface area contributed by atoms with Crippen molar-refractivity contribution >= 4 is 63.7 Å². The van der Waals surface area contributed by atoms with E-state index in [1.165, 1.54) is 48.5 Å². The second kappa shape index (κ2) is 29.2. The maximum atomic E-state index is 12.1. The second-order valence-electron chi connectivity index (χ2n) is 17.4. The van der Waals surface area contributed by atoms with E-state index in [-0.39, 0.29) is 82.1 Å². The van der Waals surface area contributed by atoms with Gasteiger partial charge in [0.05, 0.1) is 19.6 Å². The van der Waals surface area contributed by atoms with Crippen molar-refractivity contribution in [3.05, 3.63) is 119 Å². The molecule has 0 saturated heterocycles. The van der Waals surface area contributed by atoms with Gasteiger partial charge < -0.3 is 40.4 Å². The zero-order valence-corrected chi connectivity index (χ0v) is 47.6. The summed E-state index contributed by atoms with van der Waals surface area (Å²) in [5, 5.41) is 45.9. The van der Waals surface area contributed by atoms with Gasteiger partial charge in [0.15, 0.2) is 0 Å². The van der Waals surface area contributed by atoms with Gasteiger partial charge >= 0.3 is 39.0 Å². The van der Waals surface area contributed by atoms with E-state index in [0.29, 0.717) is 51.9 Å². The SMILES string of the molecule is Cc1ccc(S(=O)(=O)N[C@H]2CCCN=C2[O-])cc1.Cc1ccc(S(=O)(=O)N[C@H]2CCCN=C2[O-])cc1.Cc1ccc(S(=O)(=O)N[C@H]2CCCN=C2[O-])cc1.Cc1ccc(S(=O)(=O)N[C@H]2CCCN=C2[O-])cc1.[Rh+2].[Rh+2]. The summed E-state index contributed by atoms with van der Waals surface area (Å²) in [5.41, 5.74) is 3.94. The molecule has 0 unspecified atom stereocenters. The number of benzene rings is 4. The molecule has 4 aliphatic heterocycles. The fraction of sp³-hybridized carbons (Fsp3) is 0.417. The molecule has 4 aromatic rings. The van der Waals surface area contributed by atoms with Crippen LogP contribution in [0.15, 0.2) is 137 Å². The number of hydrogen-bond acceptors (Lipinski definition) is 16. The first-order valence-corrected chi connectivity index (χ1v) is 29.1. The van der Waals surface area contributed by atoms with Crippen LogP contribution in [0.25, 0.3) is 0 Å². The van der Waals surface area contributed by atoms with Gasteiger partial charge in [-0.25, -0.2) is 52.6 Å². The van der Waals surface area contributed by atoms with Crippen LogP contribution >= 0.6 is 0 Å². The maximum absolute atomic E-state index is 12.1. The molecule has 0 aliphatic carbocycles. The normalized spacial score (nSPS) is 19.9. The van der Waals surface area contributed by atoms with Crippen LogP contribution in [0.5, 0.6) is 0 Å². The Morgan fingerprint density at radius 3 is 0.649 bits per heavy atom. The van der Waals surface area contributed by atoms with Crippen molar-refractivity contribution in [2.75, 3.05) is 26.2 Å². The molecule has 4 aromatic carbocycles. The van der Waals surface area contributed by atoms with Crippen LogP contribution in [0.3, 0.4) is 0 Å². The number of nitrogens with one attached hydrogen (secondary N) is 4. The van der Waals surface area contributed by atoms with Gasteiger partial charge in [0, 0.05) is 50.3 Å². The summed E-state index contributed by atoms with van der Waals surface area (Å²) < 4.78 is 106. The van der Waals surface area contributed by atoms with E-state index in [4.69, 9.17) is 0 Å². The number of sulfonamides is 4. The van der Waals surface area contributed by atoms with Crippen LogP contribution in [-0.2, 0) is 79.0 Å².